The van der Waals surface area contributed by atoms with Crippen LogP contribution in [0.4, 0.5) is 0 Å². The van der Waals surface area contributed by atoms with Crippen LogP contribution in [-0.2, 0) is 6.54 Å². The lowest BCUT2D eigenvalue weighted by molar-refractivity contribution is 0.0920. The molecule has 1 aromatic heterocycles. The highest BCUT2D eigenvalue weighted by molar-refractivity contribution is 5.94. The second-order valence-electron chi connectivity index (χ2n) is 6.27. The standard InChI is InChI=1S/C19H20N4O2/c20-8-14-3-5-15(6-4-14)10-23-11-17(13-24)18(12-23)22-19(25)16-2-1-7-21-9-16/h1-7,9,17-18,24H,10-13H2,(H,22,25)/t17-,18+/m0/s1. The summed E-state index contributed by atoms with van der Waals surface area (Å²) in [6, 6.07) is 12.9. The van der Waals surface area contributed by atoms with E-state index in [1.54, 1.807) is 30.5 Å². The molecule has 2 N–H and O–H groups in total. The number of rotatable bonds is 5. The maximum atomic E-state index is 12.3. The third-order valence-corrected chi connectivity index (χ3v) is 4.48. The number of nitrogens with zero attached hydrogens (tertiary/aromatic N) is 3. The SMILES string of the molecule is N#Cc1ccc(CN2C[C@@H](CO)[C@H](NC(=O)c3cccnc3)C2)cc1. The lowest BCUT2D eigenvalue weighted by Crippen LogP contribution is -2.41. The summed E-state index contributed by atoms with van der Waals surface area (Å²) in [7, 11) is 0. The van der Waals surface area contributed by atoms with Crippen molar-refractivity contribution in [2.75, 3.05) is 19.7 Å². The summed E-state index contributed by atoms with van der Waals surface area (Å²) >= 11 is 0. The normalized spacial score (nSPS) is 20.2. The Balaban J connectivity index is 1.62. The first-order chi connectivity index (χ1) is 12.2. The molecule has 0 unspecified atom stereocenters. The van der Waals surface area contributed by atoms with Gasteiger partial charge in [-0.25, -0.2) is 0 Å². The number of nitrogens with one attached hydrogen (secondary N) is 1. The predicted octanol–water partition coefficient (Wildman–Crippen LogP) is 1.18. The van der Waals surface area contributed by atoms with Crippen LogP contribution in [0, 0.1) is 17.2 Å². The van der Waals surface area contributed by atoms with Crippen molar-refractivity contribution in [3.8, 4) is 6.07 Å². The molecule has 2 heterocycles. The van der Waals surface area contributed by atoms with Gasteiger partial charge in [0.05, 0.1) is 17.2 Å². The van der Waals surface area contributed by atoms with Crippen molar-refractivity contribution in [2.24, 2.45) is 5.92 Å². The molecule has 0 radical (unpaired) electrons. The number of benzene rings is 1. The van der Waals surface area contributed by atoms with Crippen molar-refractivity contribution >= 4 is 5.91 Å². The van der Waals surface area contributed by atoms with Gasteiger partial charge in [-0.1, -0.05) is 12.1 Å². The molecule has 25 heavy (non-hydrogen) atoms. The van der Waals surface area contributed by atoms with Crippen LogP contribution in [0.1, 0.15) is 21.5 Å². The smallest absolute Gasteiger partial charge is 0.253 e. The molecule has 1 fully saturated rings. The van der Waals surface area contributed by atoms with Gasteiger partial charge in [0, 0.05) is 50.6 Å². The van der Waals surface area contributed by atoms with Crippen LogP contribution in [0.3, 0.4) is 0 Å². The molecule has 1 aromatic carbocycles. The van der Waals surface area contributed by atoms with Crippen LogP contribution in [-0.4, -0.2) is 46.6 Å². The van der Waals surface area contributed by atoms with E-state index in [1.165, 1.54) is 6.20 Å². The molecule has 2 aromatic rings. The number of pyridine rings is 1. The Morgan fingerprint density at radius 1 is 1.32 bits per heavy atom. The van der Waals surface area contributed by atoms with E-state index >= 15 is 0 Å². The third-order valence-electron chi connectivity index (χ3n) is 4.48. The average molecular weight is 336 g/mol. The number of amides is 1. The number of hydrogen-bond acceptors (Lipinski definition) is 5. The van der Waals surface area contributed by atoms with Crippen LogP contribution >= 0.6 is 0 Å². The highest BCUT2D eigenvalue weighted by Crippen LogP contribution is 2.20. The quantitative estimate of drug-likeness (QED) is 0.856. The first-order valence-electron chi connectivity index (χ1n) is 8.22. The second-order valence-corrected chi connectivity index (χ2v) is 6.27. The Morgan fingerprint density at radius 3 is 2.76 bits per heavy atom. The van der Waals surface area contributed by atoms with E-state index in [9.17, 15) is 9.90 Å². The van der Waals surface area contributed by atoms with Gasteiger partial charge in [0.25, 0.3) is 5.91 Å². The Morgan fingerprint density at radius 2 is 2.12 bits per heavy atom. The molecule has 3 rings (SSSR count). The highest BCUT2D eigenvalue weighted by Gasteiger charge is 2.33. The van der Waals surface area contributed by atoms with Gasteiger partial charge in [0.15, 0.2) is 0 Å². The van der Waals surface area contributed by atoms with E-state index in [0.29, 0.717) is 24.2 Å². The van der Waals surface area contributed by atoms with Gasteiger partial charge in [-0.15, -0.1) is 0 Å². The highest BCUT2D eigenvalue weighted by atomic mass is 16.3. The average Bonchev–Trinajstić information content (AvgIpc) is 3.04. The van der Waals surface area contributed by atoms with Crippen LogP contribution in [0.15, 0.2) is 48.8 Å². The Kier molecular flexibility index (Phi) is 5.39. The van der Waals surface area contributed by atoms with E-state index in [0.717, 1.165) is 12.1 Å². The van der Waals surface area contributed by atoms with Crippen molar-refractivity contribution in [3.63, 3.8) is 0 Å². The number of aliphatic hydroxyl groups excluding tert-OH is 1. The molecule has 1 aliphatic heterocycles. The molecule has 0 aliphatic carbocycles. The van der Waals surface area contributed by atoms with E-state index in [4.69, 9.17) is 5.26 Å². The van der Waals surface area contributed by atoms with Gasteiger partial charge < -0.3 is 10.4 Å². The van der Waals surface area contributed by atoms with Gasteiger partial charge in [0.1, 0.15) is 0 Å². The molecule has 1 saturated heterocycles. The molecule has 6 heteroatoms. The van der Waals surface area contributed by atoms with E-state index in [-0.39, 0.29) is 24.5 Å². The molecular formula is C19H20N4O2. The molecule has 1 aliphatic rings. The Labute approximate surface area is 146 Å². The molecule has 0 saturated carbocycles. The summed E-state index contributed by atoms with van der Waals surface area (Å²) in [5.74, 6) is -0.171. The van der Waals surface area contributed by atoms with Crippen LogP contribution in [0.5, 0.6) is 0 Å². The van der Waals surface area contributed by atoms with Crippen LogP contribution in [0.2, 0.25) is 0 Å². The zero-order valence-electron chi connectivity index (χ0n) is 13.8. The van der Waals surface area contributed by atoms with Crippen molar-refractivity contribution < 1.29 is 9.90 Å². The Bertz CT molecular complexity index is 755. The number of aromatic nitrogens is 1. The molecular weight excluding hydrogens is 316 g/mol. The summed E-state index contributed by atoms with van der Waals surface area (Å²) in [6.07, 6.45) is 3.16. The van der Waals surface area contributed by atoms with Crippen molar-refractivity contribution in [2.45, 2.75) is 12.6 Å². The van der Waals surface area contributed by atoms with Gasteiger partial charge in [0.2, 0.25) is 0 Å². The maximum Gasteiger partial charge on any atom is 0.253 e. The molecule has 2 atom stereocenters. The number of carbonyl (C=O) groups is 1. The summed E-state index contributed by atoms with van der Waals surface area (Å²) in [6.45, 7) is 2.15. The van der Waals surface area contributed by atoms with Gasteiger partial charge >= 0.3 is 0 Å². The maximum absolute atomic E-state index is 12.3. The predicted molar refractivity (Wildman–Crippen MR) is 92.5 cm³/mol. The summed E-state index contributed by atoms with van der Waals surface area (Å²) < 4.78 is 0. The number of nitriles is 1. The van der Waals surface area contributed by atoms with Gasteiger partial charge in [-0.2, -0.15) is 5.26 Å². The summed E-state index contributed by atoms with van der Waals surface area (Å²) in [5, 5.41) is 21.5. The second kappa shape index (κ2) is 7.88. The molecule has 0 bridgehead atoms. The number of hydrogen-bond donors (Lipinski definition) is 2. The van der Waals surface area contributed by atoms with Gasteiger partial charge in [-0.3, -0.25) is 14.7 Å². The largest absolute Gasteiger partial charge is 0.396 e. The fourth-order valence-electron chi connectivity index (χ4n) is 3.13. The third kappa shape index (κ3) is 4.21. The molecule has 1 amide bonds. The zero-order valence-corrected chi connectivity index (χ0v) is 13.8. The fraction of sp³-hybridized carbons (Fsp3) is 0.316. The first kappa shape index (κ1) is 17.1. The summed E-state index contributed by atoms with van der Waals surface area (Å²) in [5.41, 5.74) is 2.26. The molecule has 6 nitrogen and oxygen atoms in total. The lowest BCUT2D eigenvalue weighted by atomic mass is 10.0. The minimum atomic E-state index is -0.170. The molecule has 128 valence electrons. The van der Waals surface area contributed by atoms with Crippen molar-refractivity contribution in [3.05, 3.63) is 65.5 Å². The topological polar surface area (TPSA) is 89.3 Å². The minimum absolute atomic E-state index is 0.000923. The first-order valence-corrected chi connectivity index (χ1v) is 8.22. The number of aliphatic hydroxyl groups is 1. The van der Waals surface area contributed by atoms with E-state index in [1.807, 2.05) is 12.1 Å². The number of likely N-dealkylation sites (tertiary alicyclic amines) is 1. The van der Waals surface area contributed by atoms with Crippen molar-refractivity contribution in [1.82, 2.24) is 15.2 Å². The van der Waals surface area contributed by atoms with Crippen molar-refractivity contribution in [1.29, 1.82) is 5.26 Å². The molecule has 0 spiro atoms. The lowest BCUT2D eigenvalue weighted by Gasteiger charge is -2.18. The van der Waals surface area contributed by atoms with Crippen LogP contribution in [0.25, 0.3) is 0 Å². The van der Waals surface area contributed by atoms with Crippen LogP contribution < -0.4 is 5.32 Å². The summed E-state index contributed by atoms with van der Waals surface area (Å²) in [4.78, 5) is 18.5. The zero-order chi connectivity index (χ0) is 17.6. The van der Waals surface area contributed by atoms with E-state index < -0.39 is 0 Å². The van der Waals surface area contributed by atoms with E-state index in [2.05, 4.69) is 21.3 Å². The fourth-order valence-corrected chi connectivity index (χ4v) is 3.13. The minimum Gasteiger partial charge on any atom is -0.396 e. The number of carbonyl (C=O) groups excluding carboxylic acids is 1. The monoisotopic (exact) mass is 336 g/mol. The Hall–Kier alpha value is -2.75. The van der Waals surface area contributed by atoms with Gasteiger partial charge in [-0.05, 0) is 29.8 Å².